The van der Waals surface area contributed by atoms with Crippen molar-refractivity contribution < 1.29 is 15.0 Å². The van der Waals surface area contributed by atoms with Gasteiger partial charge in [0.05, 0.1) is 6.42 Å². The fraction of sp³-hybridized carbons (Fsp3) is 0.562. The highest BCUT2D eigenvalue weighted by Gasteiger charge is 2.28. The van der Waals surface area contributed by atoms with Crippen molar-refractivity contribution >= 4 is 5.84 Å². The van der Waals surface area contributed by atoms with Crippen molar-refractivity contribution in [2.75, 3.05) is 6.54 Å². The molecule has 0 bridgehead atoms. The number of hydroxylamine groups is 1. The molecular weight excluding hydrogens is 268 g/mol. The number of aliphatic hydroxyl groups excluding tert-OH is 1. The number of rotatable bonds is 2. The topological polar surface area (TPSA) is 78.6 Å². The average Bonchev–Trinajstić information content (AvgIpc) is 2.69. The van der Waals surface area contributed by atoms with Crippen LogP contribution in [-0.2, 0) is 11.8 Å². The standard InChI is InChI=1S/C16H24N2O3/c1-9-6-12(16(3,4)5)15(20)10(2)11(9)7-13-17-8-14(19)18(13)21/h6,14,17,19-20H,7-8H2,1-5H3. The highest BCUT2D eigenvalue weighted by molar-refractivity contribution is 5.82. The summed E-state index contributed by atoms with van der Waals surface area (Å²) in [4.78, 5) is 0. The second-order valence-electron chi connectivity index (χ2n) is 6.75. The lowest BCUT2D eigenvalue weighted by molar-refractivity contribution is -0.539. The van der Waals surface area contributed by atoms with Gasteiger partial charge in [0.1, 0.15) is 12.3 Å². The Morgan fingerprint density at radius 1 is 1.38 bits per heavy atom. The van der Waals surface area contributed by atoms with Gasteiger partial charge in [-0.3, -0.25) is 5.32 Å². The van der Waals surface area contributed by atoms with Crippen molar-refractivity contribution in [3.8, 4) is 5.75 Å². The lowest BCUT2D eigenvalue weighted by Crippen LogP contribution is -2.24. The molecule has 0 saturated carbocycles. The minimum absolute atomic E-state index is 0.141. The molecule has 0 aliphatic carbocycles. The number of phenols is 1. The van der Waals surface area contributed by atoms with Crippen molar-refractivity contribution in [1.82, 2.24) is 5.32 Å². The van der Waals surface area contributed by atoms with Gasteiger partial charge in [0, 0.05) is 0 Å². The third-order valence-corrected chi connectivity index (χ3v) is 4.08. The number of aliphatic hydroxyl groups is 1. The first-order valence-electron chi connectivity index (χ1n) is 7.19. The average molecular weight is 292 g/mol. The van der Waals surface area contributed by atoms with E-state index in [-0.39, 0.29) is 12.0 Å². The molecule has 0 fully saturated rings. The number of phenolic OH excluding ortho intramolecular Hbond substituents is 1. The number of nitrogens with one attached hydrogen (secondary N) is 1. The van der Waals surface area contributed by atoms with Gasteiger partial charge in [-0.25, -0.2) is 4.74 Å². The van der Waals surface area contributed by atoms with Crippen LogP contribution in [0.5, 0.6) is 5.75 Å². The molecule has 1 atom stereocenters. The lowest BCUT2D eigenvalue weighted by Gasteiger charge is -2.24. The summed E-state index contributed by atoms with van der Waals surface area (Å²) in [6.07, 6.45) is -0.640. The van der Waals surface area contributed by atoms with E-state index in [1.807, 2.05) is 19.9 Å². The highest BCUT2D eigenvalue weighted by atomic mass is 16.5. The molecule has 2 rings (SSSR count). The van der Waals surface area contributed by atoms with Crippen LogP contribution in [0.4, 0.5) is 0 Å². The van der Waals surface area contributed by atoms with Crippen LogP contribution in [0.2, 0.25) is 0 Å². The van der Waals surface area contributed by atoms with Crippen molar-refractivity contribution in [2.45, 2.75) is 52.7 Å². The van der Waals surface area contributed by atoms with E-state index in [2.05, 4.69) is 26.1 Å². The summed E-state index contributed by atoms with van der Waals surface area (Å²) in [6.45, 7) is 10.3. The maximum absolute atomic E-state index is 11.7. The third-order valence-electron chi connectivity index (χ3n) is 4.08. The summed E-state index contributed by atoms with van der Waals surface area (Å²) in [5, 5.41) is 34.6. The quantitative estimate of drug-likeness (QED) is 0.572. The third kappa shape index (κ3) is 2.83. The molecule has 1 aromatic carbocycles. The first-order valence-corrected chi connectivity index (χ1v) is 7.19. The summed E-state index contributed by atoms with van der Waals surface area (Å²) in [6, 6.07) is 1.98. The molecule has 0 aromatic heterocycles. The summed E-state index contributed by atoms with van der Waals surface area (Å²) >= 11 is 0. The van der Waals surface area contributed by atoms with Gasteiger partial charge in [-0.2, -0.15) is 0 Å². The van der Waals surface area contributed by atoms with Crippen molar-refractivity contribution in [1.29, 1.82) is 0 Å². The zero-order valence-corrected chi connectivity index (χ0v) is 13.3. The van der Waals surface area contributed by atoms with Gasteiger partial charge in [0.25, 0.3) is 5.84 Å². The fourth-order valence-electron chi connectivity index (χ4n) is 2.71. The SMILES string of the molecule is Cc1cc(C(C)(C)C)c(O)c(C)c1CC1=[N+]([O-])C(O)CN1. The Labute approximate surface area is 125 Å². The van der Waals surface area contributed by atoms with Crippen LogP contribution in [-0.4, -0.2) is 33.6 Å². The number of aryl methyl sites for hydroxylation is 1. The summed E-state index contributed by atoms with van der Waals surface area (Å²) in [5.74, 6) is 0.733. The Balaban J connectivity index is 2.45. The maximum atomic E-state index is 11.7. The van der Waals surface area contributed by atoms with Gasteiger partial charge >= 0.3 is 0 Å². The molecule has 0 radical (unpaired) electrons. The first kappa shape index (κ1) is 15.6. The smallest absolute Gasteiger partial charge is 0.254 e. The Hall–Kier alpha value is -1.75. The van der Waals surface area contributed by atoms with E-state index in [1.165, 1.54) is 0 Å². The normalized spacial score (nSPS) is 19.0. The number of β-amino-alcohol motifs (C(OH)–C–C–N with tert-alkyl or cyclic N) is 1. The van der Waals surface area contributed by atoms with Crippen LogP contribution in [0.15, 0.2) is 6.07 Å². The predicted molar refractivity (Wildman–Crippen MR) is 82.6 cm³/mol. The molecule has 0 spiro atoms. The Kier molecular flexibility index (Phi) is 3.89. The number of benzene rings is 1. The van der Waals surface area contributed by atoms with E-state index in [4.69, 9.17) is 0 Å². The zero-order valence-electron chi connectivity index (χ0n) is 13.3. The van der Waals surface area contributed by atoms with E-state index in [9.17, 15) is 15.4 Å². The van der Waals surface area contributed by atoms with E-state index in [0.29, 0.717) is 22.7 Å². The first-order chi connectivity index (χ1) is 9.62. The van der Waals surface area contributed by atoms with Gasteiger partial charge in [0.2, 0.25) is 6.23 Å². The van der Waals surface area contributed by atoms with Crippen LogP contribution in [0.25, 0.3) is 0 Å². The van der Waals surface area contributed by atoms with Crippen molar-refractivity contribution in [2.24, 2.45) is 0 Å². The second kappa shape index (κ2) is 5.22. The molecule has 1 aliphatic heterocycles. The maximum Gasteiger partial charge on any atom is 0.254 e. The van der Waals surface area contributed by atoms with Crippen LogP contribution < -0.4 is 5.32 Å². The molecule has 21 heavy (non-hydrogen) atoms. The number of hydrogen-bond donors (Lipinski definition) is 3. The fourth-order valence-corrected chi connectivity index (χ4v) is 2.71. The number of aromatic hydroxyl groups is 1. The molecule has 5 heteroatoms. The molecule has 1 unspecified atom stereocenters. The molecule has 0 amide bonds. The Morgan fingerprint density at radius 2 is 2.00 bits per heavy atom. The van der Waals surface area contributed by atoms with Crippen molar-refractivity contribution in [3.63, 3.8) is 0 Å². The minimum atomic E-state index is -1.02. The van der Waals surface area contributed by atoms with Gasteiger partial charge in [-0.05, 0) is 41.5 Å². The molecule has 1 aliphatic rings. The lowest BCUT2D eigenvalue weighted by atomic mass is 9.82. The van der Waals surface area contributed by atoms with Gasteiger partial charge < -0.3 is 15.4 Å². The zero-order chi connectivity index (χ0) is 15.9. The monoisotopic (exact) mass is 292 g/mol. The van der Waals surface area contributed by atoms with Crippen molar-refractivity contribution in [3.05, 3.63) is 33.5 Å². The summed E-state index contributed by atoms with van der Waals surface area (Å²) < 4.78 is 0.605. The molecule has 3 N–H and O–H groups in total. The Bertz CT molecular complexity index is 601. The molecule has 5 nitrogen and oxygen atoms in total. The van der Waals surface area contributed by atoms with E-state index in [0.717, 1.165) is 22.3 Å². The highest BCUT2D eigenvalue weighted by Crippen LogP contribution is 2.36. The van der Waals surface area contributed by atoms with E-state index < -0.39 is 6.23 Å². The number of hydrogen-bond acceptors (Lipinski definition) is 4. The summed E-state index contributed by atoms with van der Waals surface area (Å²) in [5.41, 5.74) is 3.53. The number of amidine groups is 1. The Morgan fingerprint density at radius 3 is 2.48 bits per heavy atom. The van der Waals surface area contributed by atoms with Gasteiger partial charge in [-0.15, -0.1) is 0 Å². The number of nitrogens with zero attached hydrogens (tertiary/aromatic N) is 1. The van der Waals surface area contributed by atoms with Gasteiger partial charge in [-0.1, -0.05) is 26.8 Å². The van der Waals surface area contributed by atoms with Crippen LogP contribution in [0, 0.1) is 19.1 Å². The van der Waals surface area contributed by atoms with Crippen LogP contribution >= 0.6 is 0 Å². The summed E-state index contributed by atoms with van der Waals surface area (Å²) in [7, 11) is 0. The molecule has 1 heterocycles. The molecule has 1 aromatic rings. The van der Waals surface area contributed by atoms with E-state index >= 15 is 0 Å². The molecule has 0 saturated heterocycles. The van der Waals surface area contributed by atoms with Crippen LogP contribution in [0.3, 0.4) is 0 Å². The molecular formula is C16H24N2O3. The van der Waals surface area contributed by atoms with E-state index in [1.54, 1.807) is 0 Å². The van der Waals surface area contributed by atoms with Gasteiger partial charge in [0.15, 0.2) is 0 Å². The second-order valence-corrected chi connectivity index (χ2v) is 6.75. The predicted octanol–water partition coefficient (Wildman–Crippen LogP) is 1.68. The largest absolute Gasteiger partial charge is 0.713 e. The molecule has 116 valence electrons. The minimum Gasteiger partial charge on any atom is -0.713 e. The van der Waals surface area contributed by atoms with Crippen LogP contribution in [0.1, 0.15) is 43.0 Å².